The molecule has 1 aliphatic rings. The molecular formula is C16H21N3O3. The summed E-state index contributed by atoms with van der Waals surface area (Å²) >= 11 is 0. The van der Waals surface area contributed by atoms with Gasteiger partial charge in [0, 0.05) is 24.7 Å². The summed E-state index contributed by atoms with van der Waals surface area (Å²) in [6.45, 7) is 6.60. The smallest absolute Gasteiger partial charge is 0.254 e. The standard InChI is InChI=1S/C16H21N3O3/c1-11-15(12(2)22-18-11)9-19-6-3-4-14(8-19)17-16(20)13-5-7-21-10-13/h5,7,10,14H,3-4,6,8-9H2,1-2H3,(H,17,20)/t14-/m1/s1. The molecule has 1 fully saturated rings. The number of rotatable bonds is 4. The zero-order chi connectivity index (χ0) is 15.5. The molecule has 1 aliphatic heterocycles. The molecule has 0 saturated carbocycles. The highest BCUT2D eigenvalue weighted by molar-refractivity contribution is 5.93. The Morgan fingerprint density at radius 2 is 2.36 bits per heavy atom. The van der Waals surface area contributed by atoms with Crippen molar-refractivity contribution in [3.8, 4) is 0 Å². The van der Waals surface area contributed by atoms with Crippen LogP contribution in [0.4, 0.5) is 0 Å². The fraction of sp³-hybridized carbons (Fsp3) is 0.500. The molecule has 6 heteroatoms. The van der Waals surface area contributed by atoms with Crippen LogP contribution in [0.1, 0.15) is 40.2 Å². The van der Waals surface area contributed by atoms with Crippen molar-refractivity contribution in [3.63, 3.8) is 0 Å². The molecule has 0 aromatic carbocycles. The Morgan fingerprint density at radius 3 is 3.05 bits per heavy atom. The summed E-state index contributed by atoms with van der Waals surface area (Å²) in [6.07, 6.45) is 5.06. The lowest BCUT2D eigenvalue weighted by molar-refractivity contribution is 0.0899. The van der Waals surface area contributed by atoms with Gasteiger partial charge in [-0.3, -0.25) is 9.69 Å². The van der Waals surface area contributed by atoms with E-state index >= 15 is 0 Å². The van der Waals surface area contributed by atoms with Crippen LogP contribution in [0.25, 0.3) is 0 Å². The second-order valence-corrected chi connectivity index (χ2v) is 5.86. The van der Waals surface area contributed by atoms with Crippen molar-refractivity contribution in [2.75, 3.05) is 13.1 Å². The molecule has 0 aliphatic carbocycles. The van der Waals surface area contributed by atoms with Gasteiger partial charge in [0.25, 0.3) is 5.91 Å². The predicted molar refractivity (Wildman–Crippen MR) is 80.5 cm³/mol. The minimum absolute atomic E-state index is 0.0714. The van der Waals surface area contributed by atoms with Crippen molar-refractivity contribution in [1.82, 2.24) is 15.4 Å². The number of furan rings is 1. The number of likely N-dealkylation sites (tertiary alicyclic amines) is 1. The van der Waals surface area contributed by atoms with Crippen LogP contribution in [-0.4, -0.2) is 35.1 Å². The summed E-state index contributed by atoms with van der Waals surface area (Å²) in [5, 5.41) is 7.08. The number of aromatic nitrogens is 1. The fourth-order valence-corrected chi connectivity index (χ4v) is 2.93. The molecular weight excluding hydrogens is 282 g/mol. The Labute approximate surface area is 129 Å². The number of nitrogens with zero attached hydrogens (tertiary/aromatic N) is 2. The van der Waals surface area contributed by atoms with Crippen molar-refractivity contribution in [2.24, 2.45) is 0 Å². The van der Waals surface area contributed by atoms with Gasteiger partial charge in [-0.15, -0.1) is 0 Å². The maximum Gasteiger partial charge on any atom is 0.254 e. The van der Waals surface area contributed by atoms with Crippen molar-refractivity contribution >= 4 is 5.91 Å². The van der Waals surface area contributed by atoms with Crippen LogP contribution in [0.3, 0.4) is 0 Å². The Morgan fingerprint density at radius 1 is 1.50 bits per heavy atom. The van der Waals surface area contributed by atoms with Crippen LogP contribution in [0.5, 0.6) is 0 Å². The summed E-state index contributed by atoms with van der Waals surface area (Å²) in [6, 6.07) is 1.84. The van der Waals surface area contributed by atoms with E-state index < -0.39 is 0 Å². The van der Waals surface area contributed by atoms with Crippen LogP contribution < -0.4 is 5.32 Å². The Balaban J connectivity index is 1.59. The van der Waals surface area contributed by atoms with Gasteiger partial charge in [0.05, 0.1) is 17.5 Å². The van der Waals surface area contributed by atoms with Gasteiger partial charge >= 0.3 is 0 Å². The second kappa shape index (κ2) is 6.36. The van der Waals surface area contributed by atoms with E-state index in [4.69, 9.17) is 8.94 Å². The van der Waals surface area contributed by atoms with Crippen LogP contribution in [-0.2, 0) is 6.54 Å². The third kappa shape index (κ3) is 3.22. The first-order valence-electron chi connectivity index (χ1n) is 7.60. The van der Waals surface area contributed by atoms with Crippen molar-refractivity contribution in [3.05, 3.63) is 41.2 Å². The number of hydrogen-bond donors (Lipinski definition) is 1. The minimum Gasteiger partial charge on any atom is -0.472 e. The van der Waals surface area contributed by atoms with Crippen molar-refractivity contribution in [2.45, 2.75) is 39.3 Å². The lowest BCUT2D eigenvalue weighted by Gasteiger charge is -2.33. The van der Waals surface area contributed by atoms with Gasteiger partial charge in [0.15, 0.2) is 0 Å². The lowest BCUT2D eigenvalue weighted by Crippen LogP contribution is -2.47. The number of amides is 1. The van der Waals surface area contributed by atoms with Crippen LogP contribution in [0, 0.1) is 13.8 Å². The molecule has 1 saturated heterocycles. The third-order valence-electron chi connectivity index (χ3n) is 4.19. The number of piperidine rings is 1. The maximum atomic E-state index is 12.1. The Bertz CT molecular complexity index is 614. The molecule has 22 heavy (non-hydrogen) atoms. The minimum atomic E-state index is -0.0714. The van der Waals surface area contributed by atoms with E-state index in [9.17, 15) is 4.79 Å². The predicted octanol–water partition coefficient (Wildman–Crippen LogP) is 2.28. The van der Waals surface area contributed by atoms with E-state index in [0.717, 1.165) is 49.5 Å². The van der Waals surface area contributed by atoms with E-state index in [0.29, 0.717) is 5.56 Å². The molecule has 1 N–H and O–H groups in total. The van der Waals surface area contributed by atoms with E-state index in [-0.39, 0.29) is 11.9 Å². The number of aryl methyl sites for hydroxylation is 2. The average molecular weight is 303 g/mol. The highest BCUT2D eigenvalue weighted by atomic mass is 16.5. The van der Waals surface area contributed by atoms with Crippen LogP contribution in [0.2, 0.25) is 0 Å². The third-order valence-corrected chi connectivity index (χ3v) is 4.19. The molecule has 3 heterocycles. The normalized spacial score (nSPS) is 19.3. The molecule has 118 valence electrons. The lowest BCUT2D eigenvalue weighted by atomic mass is 10.0. The van der Waals surface area contributed by atoms with Crippen molar-refractivity contribution < 1.29 is 13.7 Å². The van der Waals surface area contributed by atoms with E-state index in [1.807, 2.05) is 13.8 Å². The van der Waals surface area contributed by atoms with Gasteiger partial charge in [-0.2, -0.15) is 0 Å². The highest BCUT2D eigenvalue weighted by Gasteiger charge is 2.23. The Hall–Kier alpha value is -2.08. The van der Waals surface area contributed by atoms with E-state index in [2.05, 4.69) is 15.4 Å². The quantitative estimate of drug-likeness (QED) is 0.938. The topological polar surface area (TPSA) is 71.5 Å². The monoisotopic (exact) mass is 303 g/mol. The SMILES string of the molecule is Cc1noc(C)c1CN1CCC[C@@H](NC(=O)c2ccoc2)C1. The summed E-state index contributed by atoms with van der Waals surface area (Å²) in [5.41, 5.74) is 2.67. The van der Waals surface area contributed by atoms with E-state index in [1.54, 1.807) is 6.07 Å². The zero-order valence-corrected chi connectivity index (χ0v) is 13.0. The highest BCUT2D eigenvalue weighted by Crippen LogP contribution is 2.18. The Kier molecular flexibility index (Phi) is 4.29. The molecule has 3 rings (SSSR count). The number of hydrogen-bond acceptors (Lipinski definition) is 5. The van der Waals surface area contributed by atoms with Gasteiger partial charge in [-0.05, 0) is 39.3 Å². The number of carbonyl (C=O) groups is 1. The molecule has 0 unspecified atom stereocenters. The van der Waals surface area contributed by atoms with Gasteiger partial charge in [-0.1, -0.05) is 5.16 Å². The number of carbonyl (C=O) groups excluding carboxylic acids is 1. The molecule has 1 atom stereocenters. The van der Waals surface area contributed by atoms with E-state index in [1.165, 1.54) is 12.5 Å². The van der Waals surface area contributed by atoms with Gasteiger partial charge in [0.2, 0.25) is 0 Å². The first-order chi connectivity index (χ1) is 10.6. The maximum absolute atomic E-state index is 12.1. The molecule has 2 aromatic heterocycles. The van der Waals surface area contributed by atoms with Crippen LogP contribution in [0.15, 0.2) is 27.5 Å². The molecule has 2 aromatic rings. The number of nitrogens with one attached hydrogen (secondary N) is 1. The average Bonchev–Trinajstić information content (AvgIpc) is 3.13. The van der Waals surface area contributed by atoms with Gasteiger partial charge < -0.3 is 14.3 Å². The largest absolute Gasteiger partial charge is 0.472 e. The summed E-state index contributed by atoms with van der Waals surface area (Å²) < 4.78 is 10.2. The first-order valence-corrected chi connectivity index (χ1v) is 7.60. The molecule has 0 bridgehead atoms. The molecule has 1 amide bonds. The molecule has 6 nitrogen and oxygen atoms in total. The molecule has 0 spiro atoms. The second-order valence-electron chi connectivity index (χ2n) is 5.86. The summed E-state index contributed by atoms with van der Waals surface area (Å²) in [5.74, 6) is 0.806. The summed E-state index contributed by atoms with van der Waals surface area (Å²) in [7, 11) is 0. The van der Waals surface area contributed by atoms with Crippen molar-refractivity contribution in [1.29, 1.82) is 0 Å². The van der Waals surface area contributed by atoms with Crippen LogP contribution >= 0.6 is 0 Å². The van der Waals surface area contributed by atoms with Gasteiger partial charge in [0.1, 0.15) is 12.0 Å². The summed E-state index contributed by atoms with van der Waals surface area (Å²) in [4.78, 5) is 14.4. The first kappa shape index (κ1) is 14.8. The fourth-order valence-electron chi connectivity index (χ4n) is 2.93. The zero-order valence-electron chi connectivity index (χ0n) is 13.0. The molecule has 0 radical (unpaired) electrons. The van der Waals surface area contributed by atoms with Gasteiger partial charge in [-0.25, -0.2) is 0 Å².